The fraction of sp³-hybridized carbons (Fsp3) is 0.143. The van der Waals surface area contributed by atoms with E-state index in [0.29, 0.717) is 0 Å². The molecule has 0 fully saturated rings. The summed E-state index contributed by atoms with van der Waals surface area (Å²) in [5.74, 6) is 0. The Bertz CT molecular complexity index is 389. The quantitative estimate of drug-likeness (QED) is 0.513. The topological polar surface area (TPSA) is 49.9 Å². The van der Waals surface area contributed by atoms with E-state index in [0.717, 1.165) is 6.07 Å². The summed E-state index contributed by atoms with van der Waals surface area (Å²) >= 11 is 1.69. The Balaban J connectivity index is 3.47. The van der Waals surface area contributed by atoms with Crippen LogP contribution in [-0.4, -0.2) is 11.3 Å². The van der Waals surface area contributed by atoms with Crippen LogP contribution < -0.4 is 5.56 Å². The summed E-state index contributed by atoms with van der Waals surface area (Å²) in [5, 5.41) is 0. The number of aromatic amines is 1. The predicted octanol–water partition coefficient (Wildman–Crippen LogP) is 1.73. The highest BCUT2D eigenvalue weighted by Crippen LogP contribution is 2.20. The molecular weight excluding hydrogens is 295 g/mol. The number of nitrogens with one attached hydrogen (secondary N) is 1. The molecule has 0 aliphatic rings. The number of halogens is 3. The third kappa shape index (κ3) is 2.11. The maximum absolute atomic E-state index is 12.3. The van der Waals surface area contributed by atoms with Crippen molar-refractivity contribution in [2.24, 2.45) is 0 Å². The molecule has 0 aliphatic heterocycles. The summed E-state index contributed by atoms with van der Waals surface area (Å²) in [6.45, 7) is 0. The summed E-state index contributed by atoms with van der Waals surface area (Å²) < 4.78 is 24.8. The lowest BCUT2D eigenvalue weighted by atomic mass is 10.1. The van der Waals surface area contributed by atoms with E-state index in [4.69, 9.17) is 0 Å². The van der Waals surface area contributed by atoms with Crippen LogP contribution in [0.1, 0.15) is 22.3 Å². The largest absolute Gasteiger partial charge is 0.317 e. The molecule has 0 atom stereocenters. The monoisotopic (exact) mass is 299 g/mol. The molecule has 0 saturated carbocycles. The molecule has 0 bridgehead atoms. The molecule has 1 rings (SSSR count). The lowest BCUT2D eigenvalue weighted by Gasteiger charge is -2.02. The first-order chi connectivity index (χ1) is 6.06. The molecule has 0 radical (unpaired) electrons. The van der Waals surface area contributed by atoms with Gasteiger partial charge in [0.2, 0.25) is 0 Å². The minimum absolute atomic E-state index is 0.135. The van der Waals surface area contributed by atoms with Gasteiger partial charge in [-0.1, -0.05) is 0 Å². The van der Waals surface area contributed by atoms with Crippen LogP contribution >= 0.6 is 22.6 Å². The van der Waals surface area contributed by atoms with Gasteiger partial charge < -0.3 is 4.98 Å². The molecule has 6 heteroatoms. The minimum Gasteiger partial charge on any atom is -0.317 e. The highest BCUT2D eigenvalue weighted by molar-refractivity contribution is 14.1. The van der Waals surface area contributed by atoms with Crippen molar-refractivity contribution in [3.63, 3.8) is 0 Å². The molecule has 70 valence electrons. The average molecular weight is 299 g/mol. The van der Waals surface area contributed by atoms with Crippen molar-refractivity contribution in [1.29, 1.82) is 0 Å². The molecule has 0 saturated heterocycles. The number of alkyl halides is 2. The van der Waals surface area contributed by atoms with Gasteiger partial charge in [-0.05, 0) is 28.7 Å². The zero-order chi connectivity index (χ0) is 10.0. The Morgan fingerprint density at radius 2 is 2.15 bits per heavy atom. The Morgan fingerprint density at radius 1 is 1.54 bits per heavy atom. The van der Waals surface area contributed by atoms with E-state index >= 15 is 0 Å². The van der Waals surface area contributed by atoms with Crippen molar-refractivity contribution in [2.75, 3.05) is 0 Å². The van der Waals surface area contributed by atoms with Crippen molar-refractivity contribution in [2.45, 2.75) is 6.43 Å². The molecular formula is C7H4F2INO2. The Hall–Kier alpha value is -0.790. The number of carbonyl (C=O) groups excluding carboxylic acids is 1. The average Bonchev–Trinajstić information content (AvgIpc) is 2.02. The second kappa shape index (κ2) is 3.95. The first-order valence-corrected chi connectivity index (χ1v) is 4.30. The van der Waals surface area contributed by atoms with Crippen molar-refractivity contribution in [3.8, 4) is 0 Å². The SMILES string of the molecule is O=Cc1c(C(F)F)cc(I)[nH]c1=O. The van der Waals surface area contributed by atoms with Gasteiger partial charge in [-0.2, -0.15) is 0 Å². The fourth-order valence-electron chi connectivity index (χ4n) is 0.859. The highest BCUT2D eigenvalue weighted by atomic mass is 127. The first kappa shape index (κ1) is 10.3. The van der Waals surface area contributed by atoms with Gasteiger partial charge in [-0.15, -0.1) is 0 Å². The molecule has 3 nitrogen and oxygen atoms in total. The number of aromatic nitrogens is 1. The molecule has 0 spiro atoms. The van der Waals surface area contributed by atoms with Gasteiger partial charge in [0, 0.05) is 5.56 Å². The minimum atomic E-state index is -2.81. The third-order valence-corrected chi connectivity index (χ3v) is 2.00. The normalized spacial score (nSPS) is 10.5. The summed E-state index contributed by atoms with van der Waals surface area (Å²) in [7, 11) is 0. The molecule has 13 heavy (non-hydrogen) atoms. The van der Waals surface area contributed by atoms with Gasteiger partial charge in [0.1, 0.15) is 0 Å². The zero-order valence-electron chi connectivity index (χ0n) is 6.18. The van der Waals surface area contributed by atoms with E-state index in [1.807, 2.05) is 0 Å². The Morgan fingerprint density at radius 3 is 2.62 bits per heavy atom. The maximum atomic E-state index is 12.3. The van der Waals surface area contributed by atoms with Crippen LogP contribution in [0.3, 0.4) is 0 Å². The van der Waals surface area contributed by atoms with Crippen molar-refractivity contribution in [1.82, 2.24) is 4.98 Å². The van der Waals surface area contributed by atoms with E-state index in [9.17, 15) is 18.4 Å². The molecule has 0 aliphatic carbocycles. The van der Waals surface area contributed by atoms with Crippen LogP contribution in [0.15, 0.2) is 10.9 Å². The Kier molecular flexibility index (Phi) is 3.12. The Labute approximate surface area is 85.3 Å². The van der Waals surface area contributed by atoms with Gasteiger partial charge in [0.25, 0.3) is 12.0 Å². The molecule has 0 unspecified atom stereocenters. The van der Waals surface area contributed by atoms with Crippen LogP contribution in [0, 0.1) is 3.70 Å². The molecule has 1 N–H and O–H groups in total. The van der Waals surface area contributed by atoms with Gasteiger partial charge >= 0.3 is 0 Å². The number of H-pyrrole nitrogens is 1. The van der Waals surface area contributed by atoms with E-state index in [1.165, 1.54) is 0 Å². The number of pyridine rings is 1. The van der Waals surface area contributed by atoms with E-state index < -0.39 is 23.1 Å². The first-order valence-electron chi connectivity index (χ1n) is 3.22. The van der Waals surface area contributed by atoms with Crippen LogP contribution in [0.25, 0.3) is 0 Å². The molecule has 1 aromatic heterocycles. The van der Waals surface area contributed by atoms with Gasteiger partial charge in [0.15, 0.2) is 6.29 Å². The van der Waals surface area contributed by atoms with Crippen LogP contribution in [-0.2, 0) is 0 Å². The van der Waals surface area contributed by atoms with E-state index in [-0.39, 0.29) is 9.99 Å². The fourth-order valence-corrected chi connectivity index (χ4v) is 1.44. The molecule has 0 amide bonds. The van der Waals surface area contributed by atoms with Crippen LogP contribution in [0.4, 0.5) is 8.78 Å². The molecule has 0 aromatic carbocycles. The second-order valence-electron chi connectivity index (χ2n) is 2.23. The standard InChI is InChI=1S/C7H4F2INO2/c8-6(9)3-1-5(10)11-7(13)4(3)2-12/h1-2,6H,(H,11,13). The summed E-state index contributed by atoms with van der Waals surface area (Å²) in [4.78, 5) is 23.5. The highest BCUT2D eigenvalue weighted by Gasteiger charge is 2.16. The number of carbonyl (C=O) groups is 1. The predicted molar refractivity (Wildman–Crippen MR) is 50.1 cm³/mol. The van der Waals surface area contributed by atoms with Crippen LogP contribution in [0.5, 0.6) is 0 Å². The number of hydrogen-bond acceptors (Lipinski definition) is 2. The lowest BCUT2D eigenvalue weighted by Crippen LogP contribution is -2.16. The maximum Gasteiger partial charge on any atom is 0.264 e. The van der Waals surface area contributed by atoms with Gasteiger partial charge in [-0.3, -0.25) is 9.59 Å². The number of rotatable bonds is 2. The van der Waals surface area contributed by atoms with Crippen molar-refractivity contribution >= 4 is 28.9 Å². The molecule has 1 aromatic rings. The lowest BCUT2D eigenvalue weighted by molar-refractivity contribution is 0.110. The number of hydrogen-bond donors (Lipinski definition) is 1. The second-order valence-corrected chi connectivity index (χ2v) is 3.40. The van der Waals surface area contributed by atoms with Crippen LogP contribution in [0.2, 0.25) is 0 Å². The molecule has 1 heterocycles. The third-order valence-electron chi connectivity index (χ3n) is 1.42. The van der Waals surface area contributed by atoms with Gasteiger partial charge in [0.05, 0.1) is 9.26 Å². The number of aldehydes is 1. The summed E-state index contributed by atoms with van der Waals surface area (Å²) in [6.07, 6.45) is -2.67. The zero-order valence-corrected chi connectivity index (χ0v) is 8.34. The summed E-state index contributed by atoms with van der Waals surface area (Å²) in [5.41, 5.74) is -1.81. The van der Waals surface area contributed by atoms with Crippen molar-refractivity contribution in [3.05, 3.63) is 31.2 Å². The van der Waals surface area contributed by atoms with Gasteiger partial charge in [-0.25, -0.2) is 8.78 Å². The van der Waals surface area contributed by atoms with E-state index in [2.05, 4.69) is 4.98 Å². The van der Waals surface area contributed by atoms with E-state index in [1.54, 1.807) is 22.6 Å². The van der Waals surface area contributed by atoms with Crippen molar-refractivity contribution < 1.29 is 13.6 Å². The summed E-state index contributed by atoms with van der Waals surface area (Å²) in [6, 6.07) is 1.08. The smallest absolute Gasteiger partial charge is 0.264 e.